The van der Waals surface area contributed by atoms with Crippen molar-refractivity contribution in [3.8, 4) is 0 Å². The summed E-state index contributed by atoms with van der Waals surface area (Å²) in [5, 5.41) is 9.95. The van der Waals surface area contributed by atoms with Crippen molar-refractivity contribution in [2.24, 2.45) is 0 Å². The predicted molar refractivity (Wildman–Crippen MR) is 64.5 cm³/mol. The fourth-order valence-electron chi connectivity index (χ4n) is 2.23. The monoisotopic (exact) mass is 220 g/mol. The lowest BCUT2D eigenvalue weighted by atomic mass is 10.0. The van der Waals surface area contributed by atoms with Crippen LogP contribution < -0.4 is 0 Å². The van der Waals surface area contributed by atoms with Crippen molar-refractivity contribution in [2.75, 3.05) is 13.2 Å². The second-order valence-corrected chi connectivity index (χ2v) is 4.47. The third-order valence-corrected chi connectivity index (χ3v) is 3.13. The summed E-state index contributed by atoms with van der Waals surface area (Å²) in [6.07, 6.45) is 4.12. The van der Waals surface area contributed by atoms with E-state index >= 15 is 0 Å². The van der Waals surface area contributed by atoms with E-state index in [-0.39, 0.29) is 0 Å². The molecule has 0 radical (unpaired) electrons. The third-order valence-electron chi connectivity index (χ3n) is 3.13. The average Bonchev–Trinajstić information content (AvgIpc) is 2.76. The highest BCUT2D eigenvalue weighted by Crippen LogP contribution is 2.25. The van der Waals surface area contributed by atoms with E-state index in [4.69, 9.17) is 4.74 Å². The van der Waals surface area contributed by atoms with Gasteiger partial charge in [-0.25, -0.2) is 0 Å². The highest BCUT2D eigenvalue weighted by molar-refractivity contribution is 5.36. The number of benzene rings is 1. The van der Waals surface area contributed by atoms with Crippen LogP contribution in [0.2, 0.25) is 0 Å². The second-order valence-electron chi connectivity index (χ2n) is 4.47. The molecule has 0 fully saturated rings. The van der Waals surface area contributed by atoms with Gasteiger partial charge in [0.2, 0.25) is 0 Å². The Morgan fingerprint density at radius 2 is 2.12 bits per heavy atom. The maximum atomic E-state index is 9.95. The van der Waals surface area contributed by atoms with E-state index in [0.717, 1.165) is 25.0 Å². The summed E-state index contributed by atoms with van der Waals surface area (Å²) in [4.78, 5) is 0. The van der Waals surface area contributed by atoms with Crippen molar-refractivity contribution in [3.63, 3.8) is 0 Å². The summed E-state index contributed by atoms with van der Waals surface area (Å²) in [5.74, 6) is 0. The lowest BCUT2D eigenvalue weighted by Crippen LogP contribution is -2.08. The van der Waals surface area contributed by atoms with E-state index < -0.39 is 6.10 Å². The molecule has 1 aromatic carbocycles. The zero-order valence-electron chi connectivity index (χ0n) is 9.91. The summed E-state index contributed by atoms with van der Waals surface area (Å²) in [5.41, 5.74) is 3.86. The summed E-state index contributed by atoms with van der Waals surface area (Å²) in [7, 11) is 0. The van der Waals surface area contributed by atoms with Crippen LogP contribution in [0.25, 0.3) is 0 Å². The quantitative estimate of drug-likeness (QED) is 0.773. The van der Waals surface area contributed by atoms with Crippen LogP contribution in [0.15, 0.2) is 18.2 Å². The number of hydrogen-bond donors (Lipinski definition) is 1. The minimum absolute atomic E-state index is 0.409. The van der Waals surface area contributed by atoms with Crippen LogP contribution in [0, 0.1) is 0 Å². The first kappa shape index (κ1) is 11.6. The third kappa shape index (κ3) is 2.63. The van der Waals surface area contributed by atoms with E-state index in [0.29, 0.717) is 6.61 Å². The average molecular weight is 220 g/mol. The van der Waals surface area contributed by atoms with Crippen molar-refractivity contribution >= 4 is 0 Å². The maximum Gasteiger partial charge on any atom is 0.102 e. The predicted octanol–water partition coefficient (Wildman–Crippen LogP) is 2.64. The summed E-state index contributed by atoms with van der Waals surface area (Å²) in [6, 6.07) is 6.33. The molecule has 0 heterocycles. The fourth-order valence-corrected chi connectivity index (χ4v) is 2.23. The van der Waals surface area contributed by atoms with Crippen LogP contribution in [-0.2, 0) is 17.6 Å². The first-order chi connectivity index (χ1) is 7.81. The van der Waals surface area contributed by atoms with Crippen molar-refractivity contribution in [2.45, 2.75) is 38.7 Å². The Hall–Kier alpha value is -0.860. The van der Waals surface area contributed by atoms with Gasteiger partial charge in [-0.1, -0.05) is 25.1 Å². The zero-order valence-corrected chi connectivity index (χ0v) is 9.91. The molecule has 1 aliphatic carbocycles. The van der Waals surface area contributed by atoms with Crippen LogP contribution >= 0.6 is 0 Å². The minimum Gasteiger partial charge on any atom is -0.386 e. The van der Waals surface area contributed by atoms with E-state index in [1.807, 2.05) is 6.07 Å². The van der Waals surface area contributed by atoms with Crippen molar-refractivity contribution in [1.82, 2.24) is 0 Å². The molecule has 0 spiro atoms. The highest BCUT2D eigenvalue weighted by Gasteiger charge is 2.14. The minimum atomic E-state index is -0.475. The normalized spacial score (nSPS) is 16.1. The first-order valence-electron chi connectivity index (χ1n) is 6.18. The molecule has 2 nitrogen and oxygen atoms in total. The Labute approximate surface area is 97.3 Å². The molecule has 0 amide bonds. The molecule has 16 heavy (non-hydrogen) atoms. The van der Waals surface area contributed by atoms with E-state index in [1.165, 1.54) is 24.0 Å². The Kier molecular flexibility index (Phi) is 3.97. The maximum absolute atomic E-state index is 9.95. The molecule has 88 valence electrons. The molecular formula is C14H20O2. The Morgan fingerprint density at radius 3 is 2.94 bits per heavy atom. The van der Waals surface area contributed by atoms with Crippen LogP contribution in [0.3, 0.4) is 0 Å². The molecular weight excluding hydrogens is 200 g/mol. The van der Waals surface area contributed by atoms with Gasteiger partial charge in [0.25, 0.3) is 0 Å². The molecule has 2 rings (SSSR count). The van der Waals surface area contributed by atoms with Gasteiger partial charge >= 0.3 is 0 Å². The largest absolute Gasteiger partial charge is 0.386 e. The lowest BCUT2D eigenvalue weighted by Gasteiger charge is -2.12. The Morgan fingerprint density at radius 1 is 1.31 bits per heavy atom. The number of ether oxygens (including phenoxy) is 1. The number of hydrogen-bond acceptors (Lipinski definition) is 2. The molecule has 0 saturated heterocycles. The zero-order chi connectivity index (χ0) is 11.4. The highest BCUT2D eigenvalue weighted by atomic mass is 16.5. The Balaban J connectivity index is 1.98. The number of aryl methyl sites for hydroxylation is 2. The molecule has 2 heteroatoms. The molecule has 1 aliphatic rings. The molecule has 0 saturated carbocycles. The van der Waals surface area contributed by atoms with E-state index in [2.05, 4.69) is 19.1 Å². The van der Waals surface area contributed by atoms with Crippen LogP contribution in [0.4, 0.5) is 0 Å². The summed E-state index contributed by atoms with van der Waals surface area (Å²) < 4.78 is 5.37. The number of rotatable bonds is 5. The molecule has 1 atom stereocenters. The standard InChI is InChI=1S/C14H20O2/c1-2-8-16-10-14(15)13-7-6-11-4-3-5-12(11)9-13/h6-7,9,14-15H,2-5,8,10H2,1H3. The van der Waals surface area contributed by atoms with Gasteiger partial charge in [-0.05, 0) is 42.4 Å². The van der Waals surface area contributed by atoms with Crippen molar-refractivity contribution < 1.29 is 9.84 Å². The van der Waals surface area contributed by atoms with Crippen molar-refractivity contribution in [3.05, 3.63) is 34.9 Å². The van der Waals surface area contributed by atoms with Gasteiger partial charge in [0, 0.05) is 6.61 Å². The number of aliphatic hydroxyl groups is 1. The van der Waals surface area contributed by atoms with Gasteiger partial charge in [-0.2, -0.15) is 0 Å². The molecule has 1 aromatic rings. The summed E-state index contributed by atoms with van der Waals surface area (Å²) >= 11 is 0. The molecule has 1 N–H and O–H groups in total. The van der Waals surface area contributed by atoms with Gasteiger partial charge in [-0.15, -0.1) is 0 Å². The van der Waals surface area contributed by atoms with E-state index in [1.54, 1.807) is 0 Å². The van der Waals surface area contributed by atoms with Crippen LogP contribution in [0.5, 0.6) is 0 Å². The number of fused-ring (bicyclic) bond motifs is 1. The smallest absolute Gasteiger partial charge is 0.102 e. The fraction of sp³-hybridized carbons (Fsp3) is 0.571. The number of aliphatic hydroxyl groups excluding tert-OH is 1. The lowest BCUT2D eigenvalue weighted by molar-refractivity contribution is 0.0363. The second kappa shape index (κ2) is 5.46. The van der Waals surface area contributed by atoms with Gasteiger partial charge in [0.15, 0.2) is 0 Å². The molecule has 0 aromatic heterocycles. The van der Waals surface area contributed by atoms with Gasteiger partial charge in [-0.3, -0.25) is 0 Å². The van der Waals surface area contributed by atoms with Crippen molar-refractivity contribution in [1.29, 1.82) is 0 Å². The molecule has 1 unspecified atom stereocenters. The van der Waals surface area contributed by atoms with Gasteiger partial charge < -0.3 is 9.84 Å². The van der Waals surface area contributed by atoms with Crippen LogP contribution in [-0.4, -0.2) is 18.3 Å². The Bertz CT molecular complexity index is 347. The molecule has 0 bridgehead atoms. The van der Waals surface area contributed by atoms with Gasteiger partial charge in [0.1, 0.15) is 6.10 Å². The van der Waals surface area contributed by atoms with Gasteiger partial charge in [0.05, 0.1) is 6.61 Å². The summed E-state index contributed by atoms with van der Waals surface area (Å²) in [6.45, 7) is 3.20. The first-order valence-corrected chi connectivity index (χ1v) is 6.18. The molecule has 0 aliphatic heterocycles. The van der Waals surface area contributed by atoms with Crippen LogP contribution in [0.1, 0.15) is 42.6 Å². The van der Waals surface area contributed by atoms with E-state index in [9.17, 15) is 5.11 Å². The SMILES string of the molecule is CCCOCC(O)c1ccc2c(c1)CCC2. The topological polar surface area (TPSA) is 29.5 Å².